The van der Waals surface area contributed by atoms with Gasteiger partial charge in [0.15, 0.2) is 9.84 Å². The van der Waals surface area contributed by atoms with Gasteiger partial charge in [0.05, 0.1) is 50.5 Å². The van der Waals surface area contributed by atoms with E-state index in [0.29, 0.717) is 19.1 Å². The molecule has 196 valence electrons. The Kier molecular flexibility index (Phi) is 7.93. The molecule has 0 atom stereocenters. The first-order valence-electron chi connectivity index (χ1n) is 12.2. The first-order valence-corrected chi connectivity index (χ1v) is 14.1. The van der Waals surface area contributed by atoms with Crippen LogP contribution >= 0.6 is 0 Å². The Morgan fingerprint density at radius 1 is 0.853 bits per heavy atom. The Morgan fingerprint density at radius 2 is 1.26 bits per heavy atom. The van der Waals surface area contributed by atoms with Crippen LogP contribution in [0.25, 0.3) is 0 Å². The molecule has 1 aliphatic heterocycles. The Balaban J connectivity index is 0.000000240. The fourth-order valence-electron chi connectivity index (χ4n) is 4.78. The van der Waals surface area contributed by atoms with E-state index in [0.717, 1.165) is 25.7 Å². The molecule has 0 aromatic heterocycles. The van der Waals surface area contributed by atoms with Crippen molar-refractivity contribution in [3.05, 3.63) is 0 Å². The smallest absolute Gasteiger partial charge is 0.357 e. The van der Waals surface area contributed by atoms with Crippen molar-refractivity contribution in [3.63, 3.8) is 0 Å². The van der Waals surface area contributed by atoms with Gasteiger partial charge in [-0.15, -0.1) is 0 Å². The largest absolute Gasteiger partial charge is 0.453 e. The van der Waals surface area contributed by atoms with Gasteiger partial charge in [-0.05, 0) is 36.5 Å². The minimum absolute atomic E-state index is 0.0274. The van der Waals surface area contributed by atoms with Gasteiger partial charge in [-0.2, -0.15) is 0 Å². The summed E-state index contributed by atoms with van der Waals surface area (Å²) in [5.74, 6) is 0.320. The van der Waals surface area contributed by atoms with Crippen molar-refractivity contribution in [1.29, 1.82) is 0 Å². The highest BCUT2D eigenvalue weighted by molar-refractivity contribution is 7.91. The minimum Gasteiger partial charge on any atom is -0.357 e. The second kappa shape index (κ2) is 9.43. The third kappa shape index (κ3) is 5.94. The van der Waals surface area contributed by atoms with Crippen LogP contribution < -0.4 is 0 Å². The van der Waals surface area contributed by atoms with Crippen LogP contribution in [0, 0.1) is 21.7 Å². The zero-order valence-electron chi connectivity index (χ0n) is 22.9. The number of hydrogen-bond donors (Lipinski definition) is 0. The molecule has 0 aromatic rings. The number of ether oxygens (including phenoxy) is 1. The van der Waals surface area contributed by atoms with Crippen LogP contribution in [-0.4, -0.2) is 93.5 Å². The highest BCUT2D eigenvalue weighted by Crippen LogP contribution is 2.60. The number of hydrogen-bond acceptors (Lipinski definition) is 5. The van der Waals surface area contributed by atoms with Crippen molar-refractivity contribution in [2.75, 3.05) is 52.8 Å². The summed E-state index contributed by atoms with van der Waals surface area (Å²) in [5.41, 5.74) is -0.577. The summed E-state index contributed by atoms with van der Waals surface area (Å²) in [6.45, 7) is 13.3. The number of amidine groups is 1. The number of amides is 1. The van der Waals surface area contributed by atoms with Gasteiger partial charge in [-0.3, -0.25) is 9.59 Å². The number of carbonyl (C=O) groups is 2. The van der Waals surface area contributed by atoms with Crippen LogP contribution in [-0.2, 0) is 24.2 Å². The SMILES string of the molecule is CC(C)(C)C1(C(=O)N2CCS(=O)(=O)CC2)CC1.CN(C)C(OC(=O)C1(C(C)(C)C)CC1)=[N+](C)C. The molecule has 1 amide bonds. The average molecular weight is 501 g/mol. The predicted octanol–water partition coefficient (Wildman–Crippen LogP) is 2.62. The third-order valence-corrected chi connectivity index (χ3v) is 9.36. The van der Waals surface area contributed by atoms with Gasteiger partial charge < -0.3 is 9.64 Å². The molecule has 34 heavy (non-hydrogen) atoms. The molecule has 2 aliphatic carbocycles. The molecule has 1 saturated heterocycles. The molecule has 1 heterocycles. The van der Waals surface area contributed by atoms with Crippen molar-refractivity contribution in [2.45, 2.75) is 67.2 Å². The predicted molar refractivity (Wildman–Crippen MR) is 134 cm³/mol. The van der Waals surface area contributed by atoms with Crippen molar-refractivity contribution >= 4 is 27.7 Å². The minimum atomic E-state index is -2.90. The molecule has 0 radical (unpaired) electrons. The molecule has 0 N–H and O–H groups in total. The van der Waals surface area contributed by atoms with Crippen LogP contribution in [0.15, 0.2) is 0 Å². The van der Waals surface area contributed by atoms with Gasteiger partial charge in [-0.1, -0.05) is 41.5 Å². The van der Waals surface area contributed by atoms with E-state index in [9.17, 15) is 18.0 Å². The highest BCUT2D eigenvalue weighted by Gasteiger charge is 2.60. The van der Waals surface area contributed by atoms with Gasteiger partial charge in [0.2, 0.25) is 5.91 Å². The van der Waals surface area contributed by atoms with Crippen LogP contribution in [0.4, 0.5) is 0 Å². The normalized spacial score (nSPS) is 22.0. The third-order valence-electron chi connectivity index (χ3n) is 7.75. The number of carbonyl (C=O) groups excluding carboxylic acids is 2. The van der Waals surface area contributed by atoms with Crippen molar-refractivity contribution in [1.82, 2.24) is 9.80 Å². The van der Waals surface area contributed by atoms with Crippen LogP contribution in [0.5, 0.6) is 0 Å². The average Bonchev–Trinajstić information content (AvgIpc) is 3.57. The van der Waals surface area contributed by atoms with E-state index in [-0.39, 0.29) is 45.0 Å². The van der Waals surface area contributed by atoms with E-state index >= 15 is 0 Å². The molecule has 0 spiro atoms. The zero-order chi connectivity index (χ0) is 26.3. The first kappa shape index (κ1) is 28.6. The lowest BCUT2D eigenvalue weighted by Gasteiger charge is -2.36. The van der Waals surface area contributed by atoms with Gasteiger partial charge >= 0.3 is 12.0 Å². The molecule has 3 rings (SSSR count). The molecule has 0 bridgehead atoms. The Hall–Kier alpha value is -1.64. The van der Waals surface area contributed by atoms with Crippen LogP contribution in [0.2, 0.25) is 0 Å². The summed E-state index contributed by atoms with van der Waals surface area (Å²) >= 11 is 0. The van der Waals surface area contributed by atoms with Gasteiger partial charge in [0.25, 0.3) is 0 Å². The Bertz CT molecular complexity index is 913. The lowest BCUT2D eigenvalue weighted by Crippen LogP contribution is -2.49. The van der Waals surface area contributed by atoms with E-state index in [1.165, 1.54) is 0 Å². The Labute approximate surface area is 206 Å². The van der Waals surface area contributed by atoms with Crippen LogP contribution in [0.1, 0.15) is 67.2 Å². The molecule has 8 nitrogen and oxygen atoms in total. The summed E-state index contributed by atoms with van der Waals surface area (Å²) in [6, 6.07) is 0.588. The van der Waals surface area contributed by atoms with E-state index < -0.39 is 9.84 Å². The van der Waals surface area contributed by atoms with Crippen molar-refractivity contribution in [3.8, 4) is 0 Å². The van der Waals surface area contributed by atoms with E-state index in [2.05, 4.69) is 41.5 Å². The number of rotatable bonds is 2. The lowest BCUT2D eigenvalue weighted by atomic mass is 9.76. The van der Waals surface area contributed by atoms with Gasteiger partial charge in [0.1, 0.15) is 0 Å². The highest BCUT2D eigenvalue weighted by atomic mass is 32.2. The number of nitrogens with zero attached hydrogens (tertiary/aromatic N) is 3. The number of sulfone groups is 1. The molecule has 3 aliphatic rings. The first-order chi connectivity index (χ1) is 15.3. The van der Waals surface area contributed by atoms with E-state index in [1.807, 2.05) is 37.7 Å². The topological polar surface area (TPSA) is 87.0 Å². The molecule has 0 aromatic carbocycles. The summed E-state index contributed by atoms with van der Waals surface area (Å²) in [6.07, 6.45) is 3.75. The maximum absolute atomic E-state index is 12.5. The van der Waals surface area contributed by atoms with E-state index in [1.54, 1.807) is 4.90 Å². The quantitative estimate of drug-likeness (QED) is 0.251. The second-order valence-electron chi connectivity index (χ2n) is 12.6. The molecule has 0 unspecified atom stereocenters. The summed E-state index contributed by atoms with van der Waals surface area (Å²) in [4.78, 5) is 28.3. The van der Waals surface area contributed by atoms with Crippen LogP contribution in [0.3, 0.4) is 0 Å². The zero-order valence-corrected chi connectivity index (χ0v) is 23.8. The molecule has 3 fully saturated rings. The van der Waals surface area contributed by atoms with Gasteiger partial charge in [-0.25, -0.2) is 17.9 Å². The summed E-state index contributed by atoms with van der Waals surface area (Å²) in [7, 11) is 4.59. The monoisotopic (exact) mass is 500 g/mol. The maximum atomic E-state index is 12.5. The molecular weight excluding hydrogens is 454 g/mol. The lowest BCUT2D eigenvalue weighted by molar-refractivity contribution is -0.479. The van der Waals surface area contributed by atoms with Crippen molar-refractivity contribution < 1.29 is 27.3 Å². The van der Waals surface area contributed by atoms with Gasteiger partial charge in [0, 0.05) is 13.1 Å². The summed E-state index contributed by atoms with van der Waals surface area (Å²) in [5, 5.41) is 0. The number of esters is 1. The molecule has 9 heteroatoms. The molecule has 2 saturated carbocycles. The van der Waals surface area contributed by atoms with E-state index in [4.69, 9.17) is 4.74 Å². The fourth-order valence-corrected chi connectivity index (χ4v) is 5.98. The summed E-state index contributed by atoms with van der Waals surface area (Å²) < 4.78 is 30.1. The Morgan fingerprint density at radius 3 is 1.56 bits per heavy atom. The second-order valence-corrected chi connectivity index (χ2v) is 14.9. The maximum Gasteiger partial charge on any atom is 0.453 e. The fraction of sp³-hybridized carbons (Fsp3) is 0.880. The molecular formula is C25H46N3O5S+. The van der Waals surface area contributed by atoms with Crippen molar-refractivity contribution in [2.24, 2.45) is 21.7 Å². The standard InChI is InChI=1S/C13H25N2O2.C12H21NO3S/c1-12(2,3)13(8-9-13)10(16)17-11(14(4)5)15(6)7;1-11(2,3)12(4-5-12)10(14)13-6-8-17(15,16)9-7-13/h8-9H2,1-7H3;4-9H2,1-3H3/q+1;.